The van der Waals surface area contributed by atoms with Crippen molar-refractivity contribution in [1.82, 2.24) is 10.2 Å². The average molecular weight is 423 g/mol. The number of nitrogens with zero attached hydrogens (tertiary/aromatic N) is 1. The zero-order valence-electron chi connectivity index (χ0n) is 17.0. The SMILES string of the molecule is O=C(NCCc1ccc(F)cc1)C1CCCN(Cc2cccc(-c3cccs3)c2)C1. The third kappa shape index (κ3) is 5.55. The minimum Gasteiger partial charge on any atom is -0.355 e. The molecule has 0 aliphatic carbocycles. The molecule has 0 spiro atoms. The molecule has 1 fully saturated rings. The van der Waals surface area contributed by atoms with Gasteiger partial charge in [-0.05, 0) is 72.1 Å². The van der Waals surface area contributed by atoms with Crippen molar-refractivity contribution in [2.45, 2.75) is 25.8 Å². The second kappa shape index (κ2) is 10.0. The van der Waals surface area contributed by atoms with Crippen molar-refractivity contribution in [2.75, 3.05) is 19.6 Å². The van der Waals surface area contributed by atoms with Gasteiger partial charge in [0.1, 0.15) is 5.82 Å². The van der Waals surface area contributed by atoms with Gasteiger partial charge >= 0.3 is 0 Å². The van der Waals surface area contributed by atoms with Crippen LogP contribution in [0.25, 0.3) is 10.4 Å². The van der Waals surface area contributed by atoms with Crippen molar-refractivity contribution >= 4 is 17.2 Å². The number of piperidine rings is 1. The second-order valence-corrected chi connectivity index (χ2v) is 8.87. The Bertz CT molecular complexity index is 956. The highest BCUT2D eigenvalue weighted by Gasteiger charge is 2.25. The van der Waals surface area contributed by atoms with Crippen molar-refractivity contribution < 1.29 is 9.18 Å². The molecule has 2 heterocycles. The van der Waals surface area contributed by atoms with Gasteiger partial charge in [0, 0.05) is 24.5 Å². The number of thiophene rings is 1. The molecule has 0 saturated carbocycles. The minimum absolute atomic E-state index is 0.0347. The fourth-order valence-electron chi connectivity index (χ4n) is 4.06. The Kier molecular flexibility index (Phi) is 6.92. The van der Waals surface area contributed by atoms with Crippen molar-refractivity contribution in [3.05, 3.63) is 83.0 Å². The summed E-state index contributed by atoms with van der Waals surface area (Å²) in [6.07, 6.45) is 2.70. The quantitative estimate of drug-likeness (QED) is 0.573. The van der Waals surface area contributed by atoms with Crippen LogP contribution in [0.3, 0.4) is 0 Å². The van der Waals surface area contributed by atoms with Gasteiger partial charge in [-0.25, -0.2) is 4.39 Å². The standard InChI is InChI=1S/C25H27FN2OS/c26-23-10-8-19(9-11-23)12-13-27-25(29)22-6-2-14-28(18-22)17-20-4-1-5-21(16-20)24-7-3-15-30-24/h1,3-5,7-11,15-16,22H,2,6,12-14,17-18H2,(H,27,29). The fourth-order valence-corrected chi connectivity index (χ4v) is 4.79. The number of hydrogen-bond acceptors (Lipinski definition) is 3. The maximum absolute atomic E-state index is 13.0. The Balaban J connectivity index is 1.28. The number of carbonyl (C=O) groups is 1. The van der Waals surface area contributed by atoms with Crippen LogP contribution in [-0.4, -0.2) is 30.4 Å². The van der Waals surface area contributed by atoms with Gasteiger partial charge in [-0.3, -0.25) is 9.69 Å². The molecule has 4 rings (SSSR count). The fraction of sp³-hybridized carbons (Fsp3) is 0.320. The van der Waals surface area contributed by atoms with Gasteiger partial charge in [-0.1, -0.05) is 36.4 Å². The highest BCUT2D eigenvalue weighted by molar-refractivity contribution is 7.13. The highest BCUT2D eigenvalue weighted by atomic mass is 32.1. The predicted molar refractivity (Wildman–Crippen MR) is 121 cm³/mol. The van der Waals surface area contributed by atoms with Crippen LogP contribution in [-0.2, 0) is 17.8 Å². The molecule has 5 heteroatoms. The number of halogens is 1. The van der Waals surface area contributed by atoms with Crippen LogP contribution in [0.4, 0.5) is 4.39 Å². The topological polar surface area (TPSA) is 32.3 Å². The van der Waals surface area contributed by atoms with Crippen molar-refractivity contribution in [1.29, 1.82) is 0 Å². The summed E-state index contributed by atoms with van der Waals surface area (Å²) in [4.78, 5) is 16.3. The van der Waals surface area contributed by atoms with Gasteiger partial charge in [0.05, 0.1) is 5.92 Å². The van der Waals surface area contributed by atoms with Gasteiger partial charge in [0.15, 0.2) is 0 Å². The van der Waals surface area contributed by atoms with Crippen LogP contribution in [0, 0.1) is 11.7 Å². The van der Waals surface area contributed by atoms with E-state index in [1.807, 2.05) is 0 Å². The molecule has 0 bridgehead atoms. The molecule has 1 atom stereocenters. The van der Waals surface area contributed by atoms with E-state index in [0.717, 1.165) is 44.5 Å². The first-order valence-corrected chi connectivity index (χ1v) is 11.4. The number of carbonyl (C=O) groups excluding carboxylic acids is 1. The zero-order valence-corrected chi connectivity index (χ0v) is 17.8. The van der Waals surface area contributed by atoms with E-state index in [4.69, 9.17) is 0 Å². The molecule has 1 aliphatic heterocycles. The molecule has 3 aromatic rings. The summed E-state index contributed by atoms with van der Waals surface area (Å²) < 4.78 is 13.0. The molecular formula is C25H27FN2OS. The molecule has 30 heavy (non-hydrogen) atoms. The summed E-state index contributed by atoms with van der Waals surface area (Å²) in [5.41, 5.74) is 3.58. The van der Waals surface area contributed by atoms with Crippen LogP contribution in [0.5, 0.6) is 0 Å². The van der Waals surface area contributed by atoms with Gasteiger partial charge in [0.25, 0.3) is 0 Å². The number of hydrogen-bond donors (Lipinski definition) is 1. The summed E-state index contributed by atoms with van der Waals surface area (Å²) in [7, 11) is 0. The van der Waals surface area contributed by atoms with Crippen LogP contribution in [0.2, 0.25) is 0 Å². The van der Waals surface area contributed by atoms with E-state index in [1.165, 1.54) is 28.1 Å². The molecular weight excluding hydrogens is 395 g/mol. The summed E-state index contributed by atoms with van der Waals surface area (Å²) >= 11 is 1.76. The van der Waals surface area contributed by atoms with E-state index < -0.39 is 0 Å². The third-order valence-electron chi connectivity index (χ3n) is 5.64. The maximum Gasteiger partial charge on any atom is 0.224 e. The Hall–Kier alpha value is -2.50. The number of rotatable bonds is 7. The Morgan fingerprint density at radius 2 is 1.97 bits per heavy atom. The van der Waals surface area contributed by atoms with E-state index in [1.54, 1.807) is 23.5 Å². The van der Waals surface area contributed by atoms with E-state index in [2.05, 4.69) is 52.0 Å². The second-order valence-electron chi connectivity index (χ2n) is 7.92. The summed E-state index contributed by atoms with van der Waals surface area (Å²) in [5, 5.41) is 5.17. The van der Waals surface area contributed by atoms with Gasteiger partial charge in [-0.15, -0.1) is 11.3 Å². The number of nitrogens with one attached hydrogen (secondary N) is 1. The first-order chi connectivity index (χ1) is 14.7. The molecule has 3 nitrogen and oxygen atoms in total. The molecule has 1 unspecified atom stereocenters. The van der Waals surface area contributed by atoms with Crippen LogP contribution in [0.1, 0.15) is 24.0 Å². The lowest BCUT2D eigenvalue weighted by atomic mass is 9.96. The maximum atomic E-state index is 13.0. The first-order valence-electron chi connectivity index (χ1n) is 10.5. The Labute approximate surface area is 181 Å². The largest absolute Gasteiger partial charge is 0.355 e. The van der Waals surface area contributed by atoms with E-state index in [0.29, 0.717) is 6.54 Å². The third-order valence-corrected chi connectivity index (χ3v) is 6.56. The van der Waals surface area contributed by atoms with E-state index >= 15 is 0 Å². The molecule has 1 saturated heterocycles. The zero-order chi connectivity index (χ0) is 20.8. The smallest absolute Gasteiger partial charge is 0.224 e. The van der Waals surface area contributed by atoms with Gasteiger partial charge < -0.3 is 5.32 Å². The Morgan fingerprint density at radius 1 is 1.10 bits per heavy atom. The lowest BCUT2D eigenvalue weighted by Crippen LogP contribution is -2.43. The van der Waals surface area contributed by atoms with Crippen molar-refractivity contribution in [2.24, 2.45) is 5.92 Å². The molecule has 1 amide bonds. The summed E-state index contributed by atoms with van der Waals surface area (Å²) in [6, 6.07) is 19.4. The molecule has 1 N–H and O–H groups in total. The summed E-state index contributed by atoms with van der Waals surface area (Å²) in [5.74, 6) is -0.0624. The van der Waals surface area contributed by atoms with Crippen LogP contribution in [0.15, 0.2) is 66.0 Å². The molecule has 1 aliphatic rings. The molecule has 2 aromatic carbocycles. The van der Waals surface area contributed by atoms with Crippen molar-refractivity contribution in [3.8, 4) is 10.4 Å². The lowest BCUT2D eigenvalue weighted by molar-refractivity contribution is -0.126. The highest BCUT2D eigenvalue weighted by Crippen LogP contribution is 2.26. The predicted octanol–water partition coefficient (Wildman–Crippen LogP) is 5.13. The number of benzene rings is 2. The van der Waals surface area contributed by atoms with Crippen LogP contribution < -0.4 is 5.32 Å². The normalized spacial score (nSPS) is 17.0. The van der Waals surface area contributed by atoms with E-state index in [-0.39, 0.29) is 17.6 Å². The molecule has 0 radical (unpaired) electrons. The number of likely N-dealkylation sites (tertiary alicyclic amines) is 1. The molecule has 156 valence electrons. The number of amides is 1. The van der Waals surface area contributed by atoms with Gasteiger partial charge in [-0.2, -0.15) is 0 Å². The van der Waals surface area contributed by atoms with Crippen LogP contribution >= 0.6 is 11.3 Å². The minimum atomic E-state index is -0.231. The lowest BCUT2D eigenvalue weighted by Gasteiger charge is -2.32. The van der Waals surface area contributed by atoms with Gasteiger partial charge in [0.2, 0.25) is 5.91 Å². The monoisotopic (exact) mass is 422 g/mol. The average Bonchev–Trinajstić information content (AvgIpc) is 3.31. The summed E-state index contributed by atoms with van der Waals surface area (Å²) in [6.45, 7) is 3.29. The Morgan fingerprint density at radius 3 is 2.77 bits per heavy atom. The van der Waals surface area contributed by atoms with E-state index in [9.17, 15) is 9.18 Å². The van der Waals surface area contributed by atoms with Crippen molar-refractivity contribution in [3.63, 3.8) is 0 Å². The molecule has 1 aromatic heterocycles. The first kappa shape index (κ1) is 20.8.